The summed E-state index contributed by atoms with van der Waals surface area (Å²) in [5.74, 6) is 0.199. The Labute approximate surface area is 94.7 Å². The van der Waals surface area contributed by atoms with Gasteiger partial charge in [-0.1, -0.05) is 30.3 Å². The van der Waals surface area contributed by atoms with Gasteiger partial charge in [0.1, 0.15) is 5.78 Å². The van der Waals surface area contributed by atoms with Crippen LogP contribution in [0.15, 0.2) is 42.6 Å². The third kappa shape index (κ3) is 2.79. The van der Waals surface area contributed by atoms with E-state index in [0.717, 1.165) is 11.3 Å². The zero-order valence-corrected chi connectivity index (χ0v) is 9.26. The van der Waals surface area contributed by atoms with Crippen LogP contribution < -0.4 is 0 Å². The standard InChI is InChI=1S/C13H14N2O/c1-15-8-7-12(14-15)10-13(16)9-11-5-3-2-4-6-11/h2-8H,9-10H2,1H3. The monoisotopic (exact) mass is 214 g/mol. The number of carbonyl (C=O) groups is 1. The van der Waals surface area contributed by atoms with Crippen molar-refractivity contribution in [3.8, 4) is 0 Å². The molecule has 0 fully saturated rings. The highest BCUT2D eigenvalue weighted by Crippen LogP contribution is 2.03. The van der Waals surface area contributed by atoms with E-state index in [2.05, 4.69) is 5.10 Å². The molecule has 1 aromatic heterocycles. The lowest BCUT2D eigenvalue weighted by Gasteiger charge is -1.99. The van der Waals surface area contributed by atoms with E-state index in [4.69, 9.17) is 0 Å². The lowest BCUT2D eigenvalue weighted by Crippen LogP contribution is -2.07. The summed E-state index contributed by atoms with van der Waals surface area (Å²) in [6.45, 7) is 0. The maximum Gasteiger partial charge on any atom is 0.143 e. The molecule has 0 unspecified atom stereocenters. The Balaban J connectivity index is 1.95. The van der Waals surface area contributed by atoms with Crippen LogP contribution in [-0.4, -0.2) is 15.6 Å². The average Bonchev–Trinajstić information content (AvgIpc) is 2.65. The van der Waals surface area contributed by atoms with E-state index in [1.165, 1.54) is 0 Å². The van der Waals surface area contributed by atoms with Gasteiger partial charge in [-0.25, -0.2) is 0 Å². The summed E-state index contributed by atoms with van der Waals surface area (Å²) in [5.41, 5.74) is 1.90. The lowest BCUT2D eigenvalue weighted by atomic mass is 10.1. The number of aromatic nitrogens is 2. The molecular formula is C13H14N2O. The first-order valence-corrected chi connectivity index (χ1v) is 5.28. The van der Waals surface area contributed by atoms with Crippen LogP contribution in [-0.2, 0) is 24.7 Å². The summed E-state index contributed by atoms with van der Waals surface area (Å²) in [4.78, 5) is 11.7. The average molecular weight is 214 g/mol. The van der Waals surface area contributed by atoms with Gasteiger partial charge in [0.25, 0.3) is 0 Å². The van der Waals surface area contributed by atoms with Crippen LogP contribution in [0.1, 0.15) is 11.3 Å². The van der Waals surface area contributed by atoms with E-state index in [1.807, 2.05) is 49.6 Å². The molecule has 3 nitrogen and oxygen atoms in total. The number of aryl methyl sites for hydroxylation is 1. The lowest BCUT2D eigenvalue weighted by molar-refractivity contribution is -0.117. The quantitative estimate of drug-likeness (QED) is 0.777. The molecule has 1 heterocycles. The molecule has 0 radical (unpaired) electrons. The first kappa shape index (κ1) is 10.6. The topological polar surface area (TPSA) is 34.9 Å². The molecule has 2 aromatic rings. The minimum absolute atomic E-state index is 0.199. The van der Waals surface area contributed by atoms with Gasteiger partial charge >= 0.3 is 0 Å². The second kappa shape index (κ2) is 4.75. The number of ketones is 1. The van der Waals surface area contributed by atoms with Gasteiger partial charge in [0.15, 0.2) is 0 Å². The largest absolute Gasteiger partial charge is 0.299 e. The second-order valence-corrected chi connectivity index (χ2v) is 3.86. The van der Waals surface area contributed by atoms with Crippen molar-refractivity contribution in [2.45, 2.75) is 12.8 Å². The Bertz CT molecular complexity index is 474. The third-order valence-corrected chi connectivity index (χ3v) is 2.39. The third-order valence-electron chi connectivity index (χ3n) is 2.39. The van der Waals surface area contributed by atoms with Gasteiger partial charge in [0, 0.05) is 19.7 Å². The predicted molar refractivity (Wildman–Crippen MR) is 62.1 cm³/mol. The molecule has 82 valence electrons. The van der Waals surface area contributed by atoms with Crippen LogP contribution in [0.3, 0.4) is 0 Å². The van der Waals surface area contributed by atoms with Crippen LogP contribution in [0.25, 0.3) is 0 Å². The maximum atomic E-state index is 11.7. The number of benzene rings is 1. The zero-order chi connectivity index (χ0) is 11.4. The van der Waals surface area contributed by atoms with Gasteiger partial charge in [0.05, 0.1) is 12.1 Å². The number of hydrogen-bond acceptors (Lipinski definition) is 2. The zero-order valence-electron chi connectivity index (χ0n) is 9.26. The molecule has 0 N–H and O–H groups in total. The summed E-state index contributed by atoms with van der Waals surface area (Å²) in [6.07, 6.45) is 2.75. The van der Waals surface area contributed by atoms with Crippen LogP contribution in [0.4, 0.5) is 0 Å². The minimum Gasteiger partial charge on any atom is -0.299 e. The molecule has 16 heavy (non-hydrogen) atoms. The Morgan fingerprint density at radius 1 is 1.19 bits per heavy atom. The highest BCUT2D eigenvalue weighted by molar-refractivity contribution is 5.82. The van der Waals surface area contributed by atoms with E-state index < -0.39 is 0 Å². The van der Waals surface area contributed by atoms with E-state index in [1.54, 1.807) is 4.68 Å². The molecule has 0 bridgehead atoms. The number of hydrogen-bond donors (Lipinski definition) is 0. The number of Topliss-reactive ketones (excluding diaryl/α,β-unsaturated/α-hetero) is 1. The Morgan fingerprint density at radius 3 is 2.56 bits per heavy atom. The SMILES string of the molecule is Cn1ccc(CC(=O)Cc2ccccc2)n1. The Kier molecular flexibility index (Phi) is 3.15. The normalized spacial score (nSPS) is 10.3. The van der Waals surface area contributed by atoms with Gasteiger partial charge in [-0.15, -0.1) is 0 Å². The molecular weight excluding hydrogens is 200 g/mol. The van der Waals surface area contributed by atoms with Crippen molar-refractivity contribution in [2.24, 2.45) is 7.05 Å². The molecule has 1 aromatic carbocycles. The summed E-state index contributed by atoms with van der Waals surface area (Å²) in [6, 6.07) is 11.7. The van der Waals surface area contributed by atoms with Crippen molar-refractivity contribution in [3.05, 3.63) is 53.9 Å². The number of nitrogens with zero attached hydrogens (tertiary/aromatic N) is 2. The molecule has 3 heteroatoms. The van der Waals surface area contributed by atoms with E-state index in [0.29, 0.717) is 12.8 Å². The van der Waals surface area contributed by atoms with Gasteiger partial charge in [-0.2, -0.15) is 5.10 Å². The predicted octanol–water partition coefficient (Wildman–Crippen LogP) is 1.77. The van der Waals surface area contributed by atoms with Gasteiger partial charge in [-0.05, 0) is 11.6 Å². The molecule has 0 saturated carbocycles. The number of carbonyl (C=O) groups excluding carboxylic acids is 1. The first-order valence-electron chi connectivity index (χ1n) is 5.28. The number of rotatable bonds is 4. The van der Waals surface area contributed by atoms with E-state index in [-0.39, 0.29) is 5.78 Å². The van der Waals surface area contributed by atoms with Crippen molar-refractivity contribution in [1.82, 2.24) is 9.78 Å². The van der Waals surface area contributed by atoms with Gasteiger partial charge in [0.2, 0.25) is 0 Å². The Hall–Kier alpha value is -1.90. The van der Waals surface area contributed by atoms with Crippen LogP contribution in [0.2, 0.25) is 0 Å². The molecule has 0 aliphatic carbocycles. The van der Waals surface area contributed by atoms with Crippen molar-refractivity contribution in [1.29, 1.82) is 0 Å². The molecule has 0 aliphatic heterocycles. The van der Waals surface area contributed by atoms with E-state index >= 15 is 0 Å². The summed E-state index contributed by atoms with van der Waals surface area (Å²) >= 11 is 0. The first-order chi connectivity index (χ1) is 7.74. The Morgan fingerprint density at radius 2 is 1.94 bits per heavy atom. The summed E-state index contributed by atoms with van der Waals surface area (Å²) < 4.78 is 1.71. The fraction of sp³-hybridized carbons (Fsp3) is 0.231. The highest BCUT2D eigenvalue weighted by Gasteiger charge is 2.06. The fourth-order valence-electron chi connectivity index (χ4n) is 1.65. The molecule has 0 amide bonds. The summed E-state index contributed by atoms with van der Waals surface area (Å²) in [7, 11) is 1.85. The smallest absolute Gasteiger partial charge is 0.143 e. The van der Waals surface area contributed by atoms with Crippen LogP contribution >= 0.6 is 0 Å². The van der Waals surface area contributed by atoms with Crippen LogP contribution in [0.5, 0.6) is 0 Å². The molecule has 2 rings (SSSR count). The summed E-state index contributed by atoms with van der Waals surface area (Å²) in [5, 5.41) is 4.19. The van der Waals surface area contributed by atoms with Gasteiger partial charge in [-0.3, -0.25) is 9.48 Å². The molecule has 0 saturated heterocycles. The van der Waals surface area contributed by atoms with Crippen molar-refractivity contribution in [2.75, 3.05) is 0 Å². The van der Waals surface area contributed by atoms with Crippen molar-refractivity contribution < 1.29 is 4.79 Å². The molecule has 0 atom stereocenters. The minimum atomic E-state index is 0.199. The van der Waals surface area contributed by atoms with Crippen molar-refractivity contribution >= 4 is 5.78 Å². The fourth-order valence-corrected chi connectivity index (χ4v) is 1.65. The molecule has 0 aliphatic rings. The highest BCUT2D eigenvalue weighted by atomic mass is 16.1. The maximum absolute atomic E-state index is 11.7. The van der Waals surface area contributed by atoms with E-state index in [9.17, 15) is 4.79 Å². The van der Waals surface area contributed by atoms with Gasteiger partial charge < -0.3 is 0 Å². The second-order valence-electron chi connectivity index (χ2n) is 3.86. The molecule has 0 spiro atoms. The van der Waals surface area contributed by atoms with Crippen LogP contribution in [0, 0.1) is 0 Å². The van der Waals surface area contributed by atoms with Crippen molar-refractivity contribution in [3.63, 3.8) is 0 Å².